The van der Waals surface area contributed by atoms with E-state index in [0.717, 1.165) is 38.0 Å². The van der Waals surface area contributed by atoms with Gasteiger partial charge in [0, 0.05) is 38.5 Å². The lowest BCUT2D eigenvalue weighted by Gasteiger charge is -2.37. The first kappa shape index (κ1) is 21.2. The second-order valence-corrected chi connectivity index (χ2v) is 9.08. The number of alkyl halides is 2. The highest BCUT2D eigenvalue weighted by molar-refractivity contribution is 5.58. The molecule has 0 aliphatic carbocycles. The Morgan fingerprint density at radius 1 is 1.03 bits per heavy atom. The van der Waals surface area contributed by atoms with Gasteiger partial charge in [0.05, 0.1) is 12.2 Å². The van der Waals surface area contributed by atoms with Gasteiger partial charge in [-0.3, -0.25) is 4.90 Å². The molecule has 2 nitrogen and oxygen atoms in total. The minimum atomic E-state index is -2.53. The summed E-state index contributed by atoms with van der Waals surface area (Å²) in [5, 5.41) is 0. The molecule has 5 heteroatoms. The molecule has 30 heavy (non-hydrogen) atoms. The van der Waals surface area contributed by atoms with Gasteiger partial charge in [0.1, 0.15) is 5.82 Å². The zero-order chi connectivity index (χ0) is 21.3. The maximum atomic E-state index is 15.0. The van der Waals surface area contributed by atoms with E-state index in [9.17, 15) is 13.2 Å². The van der Waals surface area contributed by atoms with Crippen molar-refractivity contribution in [2.45, 2.75) is 45.0 Å². The fourth-order valence-corrected chi connectivity index (χ4v) is 4.92. The first-order chi connectivity index (χ1) is 14.3. The van der Waals surface area contributed by atoms with Gasteiger partial charge in [0.25, 0.3) is 5.92 Å². The second kappa shape index (κ2) is 8.62. The molecular weight excluding hydrogens is 385 g/mol. The molecule has 4 rings (SSSR count). The van der Waals surface area contributed by atoms with Crippen LogP contribution in [0.15, 0.2) is 42.5 Å². The molecule has 2 aliphatic heterocycles. The highest BCUT2D eigenvalue weighted by Crippen LogP contribution is 2.37. The number of aryl methyl sites for hydroxylation is 1. The molecule has 1 atom stereocenters. The van der Waals surface area contributed by atoms with E-state index in [2.05, 4.69) is 43.0 Å². The van der Waals surface area contributed by atoms with Gasteiger partial charge in [-0.1, -0.05) is 48.9 Å². The molecule has 2 aromatic carbocycles. The van der Waals surface area contributed by atoms with Crippen LogP contribution in [0.4, 0.5) is 18.9 Å². The van der Waals surface area contributed by atoms with Crippen LogP contribution in [0.5, 0.6) is 0 Å². The molecule has 0 bridgehead atoms. The Labute approximate surface area is 177 Å². The van der Waals surface area contributed by atoms with Crippen LogP contribution in [0.3, 0.4) is 0 Å². The van der Waals surface area contributed by atoms with E-state index < -0.39 is 5.92 Å². The molecular formula is C25H31F3N2. The molecule has 2 fully saturated rings. The summed E-state index contributed by atoms with van der Waals surface area (Å²) in [6, 6.07) is 13.8. The average Bonchev–Trinajstić information content (AvgIpc) is 3.07. The first-order valence-electron chi connectivity index (χ1n) is 11.0. The standard InChI is InChI=1S/C25H31F3N2/c1-18-6-8-21(9-7-18)19(2)22-4-3-5-23(26)24(22)30-13-10-20(11-14-30)16-29-15-12-25(27,28)17-29/h3-9,19-20H,10-17H2,1-2H3. The maximum Gasteiger partial charge on any atom is 0.261 e. The fourth-order valence-electron chi connectivity index (χ4n) is 4.92. The smallest absolute Gasteiger partial charge is 0.261 e. The van der Waals surface area contributed by atoms with Gasteiger partial charge in [-0.15, -0.1) is 0 Å². The summed E-state index contributed by atoms with van der Waals surface area (Å²) in [6.45, 7) is 6.83. The topological polar surface area (TPSA) is 6.48 Å². The number of hydrogen-bond donors (Lipinski definition) is 0. The van der Waals surface area contributed by atoms with Crippen molar-refractivity contribution >= 4 is 5.69 Å². The van der Waals surface area contributed by atoms with Gasteiger partial charge in [-0.2, -0.15) is 0 Å². The second-order valence-electron chi connectivity index (χ2n) is 9.08. The van der Waals surface area contributed by atoms with E-state index in [-0.39, 0.29) is 24.7 Å². The summed E-state index contributed by atoms with van der Waals surface area (Å²) >= 11 is 0. The molecule has 2 heterocycles. The van der Waals surface area contributed by atoms with E-state index in [4.69, 9.17) is 0 Å². The number of likely N-dealkylation sites (tertiary alicyclic amines) is 1. The highest BCUT2D eigenvalue weighted by atomic mass is 19.3. The van der Waals surface area contributed by atoms with Crippen LogP contribution in [-0.2, 0) is 0 Å². The summed E-state index contributed by atoms with van der Waals surface area (Å²) in [5.74, 6) is -2.21. The van der Waals surface area contributed by atoms with Crippen LogP contribution in [0, 0.1) is 18.7 Å². The summed E-state index contributed by atoms with van der Waals surface area (Å²) in [6.07, 6.45) is 1.80. The number of halogens is 3. The van der Waals surface area contributed by atoms with Gasteiger partial charge in [0.2, 0.25) is 0 Å². The van der Waals surface area contributed by atoms with Crippen molar-refractivity contribution in [1.29, 1.82) is 0 Å². The van der Waals surface area contributed by atoms with E-state index in [1.807, 2.05) is 11.0 Å². The normalized spacial score (nSPS) is 21.2. The quantitative estimate of drug-likeness (QED) is 0.604. The summed E-state index contributed by atoms with van der Waals surface area (Å²) < 4.78 is 41.9. The third-order valence-corrected chi connectivity index (χ3v) is 6.76. The predicted molar refractivity (Wildman–Crippen MR) is 116 cm³/mol. The lowest BCUT2D eigenvalue weighted by molar-refractivity contribution is 0.0105. The number of nitrogens with zero attached hydrogens (tertiary/aromatic N) is 2. The Bertz CT molecular complexity index is 857. The molecule has 0 aromatic heterocycles. The number of para-hydroxylation sites is 1. The highest BCUT2D eigenvalue weighted by Gasteiger charge is 2.39. The Balaban J connectivity index is 1.45. The van der Waals surface area contributed by atoms with Crippen LogP contribution in [-0.4, -0.2) is 43.5 Å². The molecule has 0 spiro atoms. The van der Waals surface area contributed by atoms with Gasteiger partial charge in [0.15, 0.2) is 0 Å². The molecule has 2 saturated heterocycles. The van der Waals surface area contributed by atoms with E-state index in [1.54, 1.807) is 12.1 Å². The van der Waals surface area contributed by atoms with Gasteiger partial charge in [-0.05, 0) is 42.9 Å². The Morgan fingerprint density at radius 2 is 1.73 bits per heavy atom. The summed E-state index contributed by atoms with van der Waals surface area (Å²) in [7, 11) is 0. The fraction of sp³-hybridized carbons (Fsp3) is 0.520. The number of anilines is 1. The van der Waals surface area contributed by atoms with Crippen LogP contribution < -0.4 is 4.90 Å². The number of piperidine rings is 1. The van der Waals surface area contributed by atoms with Crippen molar-refractivity contribution in [1.82, 2.24) is 4.90 Å². The molecule has 162 valence electrons. The van der Waals surface area contributed by atoms with Gasteiger partial charge in [-0.25, -0.2) is 13.2 Å². The number of rotatable bonds is 5. The molecule has 2 aliphatic rings. The first-order valence-corrected chi connectivity index (χ1v) is 11.0. The summed E-state index contributed by atoms with van der Waals surface area (Å²) in [5.41, 5.74) is 4.11. The Kier molecular flexibility index (Phi) is 6.10. The number of benzene rings is 2. The van der Waals surface area contributed by atoms with E-state index >= 15 is 0 Å². The van der Waals surface area contributed by atoms with Gasteiger partial charge >= 0.3 is 0 Å². The number of hydrogen-bond acceptors (Lipinski definition) is 2. The van der Waals surface area contributed by atoms with Crippen molar-refractivity contribution in [3.05, 3.63) is 65.0 Å². The monoisotopic (exact) mass is 416 g/mol. The largest absolute Gasteiger partial charge is 0.369 e. The predicted octanol–water partition coefficient (Wildman–Crippen LogP) is 5.84. The molecule has 1 unspecified atom stereocenters. The zero-order valence-electron chi connectivity index (χ0n) is 17.9. The lowest BCUT2D eigenvalue weighted by atomic mass is 9.89. The van der Waals surface area contributed by atoms with Crippen LogP contribution in [0.1, 0.15) is 48.8 Å². The van der Waals surface area contributed by atoms with Crippen LogP contribution >= 0.6 is 0 Å². The third kappa shape index (κ3) is 4.66. The molecule has 2 aromatic rings. The third-order valence-electron chi connectivity index (χ3n) is 6.76. The van der Waals surface area contributed by atoms with Crippen molar-refractivity contribution < 1.29 is 13.2 Å². The zero-order valence-corrected chi connectivity index (χ0v) is 17.9. The van der Waals surface area contributed by atoms with Crippen molar-refractivity contribution in [2.24, 2.45) is 5.92 Å². The van der Waals surface area contributed by atoms with E-state index in [0.29, 0.717) is 18.2 Å². The van der Waals surface area contributed by atoms with Crippen molar-refractivity contribution in [3.8, 4) is 0 Å². The summed E-state index contributed by atoms with van der Waals surface area (Å²) in [4.78, 5) is 4.05. The minimum Gasteiger partial charge on any atom is -0.369 e. The van der Waals surface area contributed by atoms with Crippen molar-refractivity contribution in [2.75, 3.05) is 37.6 Å². The molecule has 0 amide bonds. The Morgan fingerprint density at radius 3 is 2.37 bits per heavy atom. The molecule has 0 saturated carbocycles. The molecule has 0 radical (unpaired) electrons. The van der Waals surface area contributed by atoms with Crippen LogP contribution in [0.2, 0.25) is 0 Å². The molecule has 0 N–H and O–H groups in total. The maximum absolute atomic E-state index is 15.0. The van der Waals surface area contributed by atoms with Gasteiger partial charge < -0.3 is 4.90 Å². The lowest BCUT2D eigenvalue weighted by Crippen LogP contribution is -2.39. The Hall–Kier alpha value is -2.01. The average molecular weight is 417 g/mol. The van der Waals surface area contributed by atoms with Crippen molar-refractivity contribution in [3.63, 3.8) is 0 Å². The van der Waals surface area contributed by atoms with Crippen LogP contribution in [0.25, 0.3) is 0 Å². The SMILES string of the molecule is Cc1ccc(C(C)c2cccc(F)c2N2CCC(CN3CCC(F)(F)C3)CC2)cc1. The van der Waals surface area contributed by atoms with E-state index in [1.165, 1.54) is 11.1 Å². The minimum absolute atomic E-state index is 0.0265.